The van der Waals surface area contributed by atoms with Gasteiger partial charge in [-0.1, -0.05) is 39.8 Å². The maximum atomic E-state index is 5.28. The second-order valence-electron chi connectivity index (χ2n) is 5.03. The molecule has 0 aromatic carbocycles. The molecule has 0 aliphatic carbocycles. The molecular weight excluding hydrogens is 162 g/mol. The van der Waals surface area contributed by atoms with Gasteiger partial charge in [-0.05, 0) is 12.3 Å². The topological polar surface area (TPSA) is 26.0 Å². The van der Waals surface area contributed by atoms with Crippen LogP contribution >= 0.6 is 0 Å². The maximum Gasteiger partial charge on any atom is 0.142 e. The second kappa shape index (κ2) is 3.52. The fraction of sp³-hybridized carbons (Fsp3) is 0.727. The van der Waals surface area contributed by atoms with E-state index < -0.39 is 0 Å². The molecule has 0 fully saturated rings. The van der Waals surface area contributed by atoms with Gasteiger partial charge in [-0.25, -0.2) is 0 Å². The zero-order chi connectivity index (χ0) is 10.1. The Morgan fingerprint density at radius 2 is 2.00 bits per heavy atom. The van der Waals surface area contributed by atoms with Crippen LogP contribution in [0.5, 0.6) is 0 Å². The number of hydrogen-bond acceptors (Lipinski definition) is 2. The summed E-state index contributed by atoms with van der Waals surface area (Å²) in [6.45, 7) is 10.8. The van der Waals surface area contributed by atoms with Gasteiger partial charge in [-0.15, -0.1) is 0 Å². The number of hydrogen-bond donors (Lipinski definition) is 0. The normalized spacial score (nSPS) is 12.5. The van der Waals surface area contributed by atoms with E-state index in [1.165, 1.54) is 0 Å². The molecular formula is C11H19NO. The monoisotopic (exact) mass is 181 g/mol. The standard InChI is InChI=1S/C11H19NO/c1-8(2)6-9-7-10(13-12-9)11(3,4)5/h7-8H,6H2,1-5H3. The van der Waals surface area contributed by atoms with Crippen LogP contribution in [0.15, 0.2) is 10.6 Å². The predicted molar refractivity (Wildman–Crippen MR) is 53.7 cm³/mol. The van der Waals surface area contributed by atoms with Crippen LogP contribution < -0.4 is 0 Å². The summed E-state index contributed by atoms with van der Waals surface area (Å²) in [7, 11) is 0. The van der Waals surface area contributed by atoms with E-state index in [2.05, 4.69) is 45.8 Å². The zero-order valence-corrected chi connectivity index (χ0v) is 9.22. The molecule has 0 saturated carbocycles. The van der Waals surface area contributed by atoms with Crippen molar-refractivity contribution in [2.75, 3.05) is 0 Å². The first-order chi connectivity index (χ1) is 5.89. The van der Waals surface area contributed by atoms with Crippen LogP contribution in [0.25, 0.3) is 0 Å². The molecule has 2 nitrogen and oxygen atoms in total. The van der Waals surface area contributed by atoms with Crippen LogP contribution in [-0.4, -0.2) is 5.16 Å². The van der Waals surface area contributed by atoms with Gasteiger partial charge >= 0.3 is 0 Å². The average Bonchev–Trinajstić information content (AvgIpc) is 2.32. The number of aromatic nitrogens is 1. The van der Waals surface area contributed by atoms with Crippen LogP contribution in [0.3, 0.4) is 0 Å². The first-order valence-corrected chi connectivity index (χ1v) is 4.85. The Hall–Kier alpha value is -0.790. The zero-order valence-electron chi connectivity index (χ0n) is 9.22. The first kappa shape index (κ1) is 10.3. The van der Waals surface area contributed by atoms with Crippen molar-refractivity contribution in [3.05, 3.63) is 17.5 Å². The minimum atomic E-state index is 0.0717. The summed E-state index contributed by atoms with van der Waals surface area (Å²) >= 11 is 0. The Morgan fingerprint density at radius 3 is 2.38 bits per heavy atom. The maximum absolute atomic E-state index is 5.28. The molecule has 0 N–H and O–H groups in total. The van der Waals surface area contributed by atoms with E-state index in [0.717, 1.165) is 17.9 Å². The third kappa shape index (κ3) is 2.87. The van der Waals surface area contributed by atoms with Crippen LogP contribution in [0.4, 0.5) is 0 Å². The van der Waals surface area contributed by atoms with E-state index in [9.17, 15) is 0 Å². The van der Waals surface area contributed by atoms with Crippen molar-refractivity contribution < 1.29 is 4.52 Å². The van der Waals surface area contributed by atoms with Gasteiger partial charge in [-0.3, -0.25) is 0 Å². The summed E-state index contributed by atoms with van der Waals surface area (Å²) in [5.74, 6) is 1.61. The van der Waals surface area contributed by atoms with E-state index in [0.29, 0.717) is 5.92 Å². The van der Waals surface area contributed by atoms with Crippen molar-refractivity contribution in [3.63, 3.8) is 0 Å². The molecule has 1 aromatic rings. The van der Waals surface area contributed by atoms with E-state index in [4.69, 9.17) is 4.52 Å². The summed E-state index contributed by atoms with van der Waals surface area (Å²) in [6, 6.07) is 2.07. The van der Waals surface area contributed by atoms with Crippen LogP contribution in [0, 0.1) is 5.92 Å². The molecule has 1 aromatic heterocycles. The molecule has 0 saturated heterocycles. The lowest BCUT2D eigenvalue weighted by molar-refractivity contribution is 0.324. The van der Waals surface area contributed by atoms with E-state index in [-0.39, 0.29) is 5.41 Å². The highest BCUT2D eigenvalue weighted by Crippen LogP contribution is 2.23. The number of nitrogens with zero attached hydrogens (tertiary/aromatic N) is 1. The Kier molecular flexibility index (Phi) is 2.79. The lowest BCUT2D eigenvalue weighted by Crippen LogP contribution is -2.09. The predicted octanol–water partition coefficient (Wildman–Crippen LogP) is 3.17. The summed E-state index contributed by atoms with van der Waals surface area (Å²) in [4.78, 5) is 0. The van der Waals surface area contributed by atoms with Gasteiger partial charge in [0, 0.05) is 11.5 Å². The summed E-state index contributed by atoms with van der Waals surface area (Å²) < 4.78 is 5.28. The van der Waals surface area contributed by atoms with Crippen molar-refractivity contribution in [2.24, 2.45) is 5.92 Å². The van der Waals surface area contributed by atoms with Gasteiger partial charge in [0.05, 0.1) is 5.69 Å². The van der Waals surface area contributed by atoms with Gasteiger partial charge < -0.3 is 4.52 Å². The summed E-state index contributed by atoms with van der Waals surface area (Å²) in [5.41, 5.74) is 1.14. The smallest absolute Gasteiger partial charge is 0.142 e. The highest BCUT2D eigenvalue weighted by atomic mass is 16.5. The molecule has 0 aliphatic heterocycles. The fourth-order valence-corrected chi connectivity index (χ4v) is 1.18. The molecule has 0 aliphatic rings. The van der Waals surface area contributed by atoms with Gasteiger partial charge in [0.25, 0.3) is 0 Å². The molecule has 0 atom stereocenters. The van der Waals surface area contributed by atoms with Crippen molar-refractivity contribution >= 4 is 0 Å². The van der Waals surface area contributed by atoms with Gasteiger partial charge in [0.15, 0.2) is 0 Å². The van der Waals surface area contributed by atoms with Crippen LogP contribution in [-0.2, 0) is 11.8 Å². The SMILES string of the molecule is CC(C)Cc1cc(C(C)(C)C)on1. The molecule has 74 valence electrons. The molecule has 0 bridgehead atoms. The van der Waals surface area contributed by atoms with E-state index in [1.807, 2.05) is 0 Å². The third-order valence-corrected chi connectivity index (χ3v) is 1.92. The van der Waals surface area contributed by atoms with Crippen molar-refractivity contribution in [3.8, 4) is 0 Å². The number of rotatable bonds is 2. The molecule has 1 rings (SSSR count). The molecule has 0 radical (unpaired) electrons. The van der Waals surface area contributed by atoms with Gasteiger partial charge in [0.2, 0.25) is 0 Å². The van der Waals surface area contributed by atoms with Crippen molar-refractivity contribution in [1.82, 2.24) is 5.16 Å². The highest BCUT2D eigenvalue weighted by Gasteiger charge is 2.19. The molecule has 2 heteroatoms. The molecule has 0 amide bonds. The fourth-order valence-electron chi connectivity index (χ4n) is 1.18. The van der Waals surface area contributed by atoms with Crippen molar-refractivity contribution in [2.45, 2.75) is 46.5 Å². The van der Waals surface area contributed by atoms with Crippen molar-refractivity contribution in [1.29, 1.82) is 0 Å². The Labute approximate surface area is 80.3 Å². The van der Waals surface area contributed by atoms with Gasteiger partial charge in [0.1, 0.15) is 5.76 Å². The van der Waals surface area contributed by atoms with Crippen LogP contribution in [0.1, 0.15) is 46.1 Å². The van der Waals surface area contributed by atoms with Crippen LogP contribution in [0.2, 0.25) is 0 Å². The third-order valence-electron chi connectivity index (χ3n) is 1.92. The lowest BCUT2D eigenvalue weighted by Gasteiger charge is -2.12. The minimum Gasteiger partial charge on any atom is -0.361 e. The molecule has 1 heterocycles. The largest absolute Gasteiger partial charge is 0.361 e. The van der Waals surface area contributed by atoms with E-state index in [1.54, 1.807) is 0 Å². The molecule has 0 spiro atoms. The quantitative estimate of drug-likeness (QED) is 0.700. The first-order valence-electron chi connectivity index (χ1n) is 4.85. The van der Waals surface area contributed by atoms with E-state index >= 15 is 0 Å². The minimum absolute atomic E-state index is 0.0717. The Morgan fingerprint density at radius 1 is 1.38 bits per heavy atom. The van der Waals surface area contributed by atoms with Gasteiger partial charge in [-0.2, -0.15) is 0 Å². The Bertz CT molecular complexity index is 268. The average molecular weight is 181 g/mol. The second-order valence-corrected chi connectivity index (χ2v) is 5.03. The Balaban J connectivity index is 2.75. The molecule has 0 unspecified atom stereocenters. The molecule has 13 heavy (non-hydrogen) atoms. The lowest BCUT2D eigenvalue weighted by atomic mass is 9.93. The summed E-state index contributed by atoms with van der Waals surface area (Å²) in [5, 5.41) is 4.05. The highest BCUT2D eigenvalue weighted by molar-refractivity contribution is 5.13. The summed E-state index contributed by atoms with van der Waals surface area (Å²) in [6.07, 6.45) is 1.000.